The maximum atomic E-state index is 5.66. The van der Waals surface area contributed by atoms with Gasteiger partial charge in [0.2, 0.25) is 0 Å². The van der Waals surface area contributed by atoms with Crippen molar-refractivity contribution in [2.45, 2.75) is 31.3 Å². The van der Waals surface area contributed by atoms with Crippen LogP contribution in [0, 0.1) is 0 Å². The highest BCUT2D eigenvalue weighted by atomic mass is 32.2. The fourth-order valence-electron chi connectivity index (χ4n) is 1.22. The van der Waals surface area contributed by atoms with Gasteiger partial charge in [-0.1, -0.05) is 19.0 Å². The Labute approximate surface area is 109 Å². The lowest BCUT2D eigenvalue weighted by molar-refractivity contribution is 0.426. The Morgan fingerprint density at radius 1 is 1.53 bits per heavy atom. The first-order valence-corrected chi connectivity index (χ1v) is 7.35. The van der Waals surface area contributed by atoms with E-state index in [9.17, 15) is 0 Å². The van der Waals surface area contributed by atoms with Gasteiger partial charge in [0.15, 0.2) is 5.82 Å². The molecule has 0 aromatic carbocycles. The standard InChI is InChI=1S/C11H15N3OS2/c1-3-7(2)16-6-10-13-11(15-14-10)8-4-5-9(12)17-8/h4-5,7H,3,6,12H2,1-2H3. The molecule has 1 unspecified atom stereocenters. The number of hydrogen-bond donors (Lipinski definition) is 1. The first kappa shape index (κ1) is 12.4. The average molecular weight is 269 g/mol. The van der Waals surface area contributed by atoms with Crippen LogP contribution in [-0.2, 0) is 5.75 Å². The van der Waals surface area contributed by atoms with Gasteiger partial charge in [0, 0.05) is 5.25 Å². The van der Waals surface area contributed by atoms with E-state index in [1.54, 1.807) is 0 Å². The maximum Gasteiger partial charge on any atom is 0.268 e. The van der Waals surface area contributed by atoms with Gasteiger partial charge in [0.25, 0.3) is 5.89 Å². The molecule has 4 nitrogen and oxygen atoms in total. The van der Waals surface area contributed by atoms with Gasteiger partial charge in [-0.15, -0.1) is 11.3 Å². The number of thiophene rings is 1. The van der Waals surface area contributed by atoms with Crippen molar-refractivity contribution in [1.82, 2.24) is 10.1 Å². The SMILES string of the molecule is CCC(C)SCc1noc(-c2ccc(N)s2)n1. The molecule has 2 aromatic rings. The summed E-state index contributed by atoms with van der Waals surface area (Å²) in [5, 5.41) is 5.34. The Morgan fingerprint density at radius 3 is 3.00 bits per heavy atom. The molecule has 0 aliphatic heterocycles. The van der Waals surface area contributed by atoms with Gasteiger partial charge in [-0.05, 0) is 18.6 Å². The minimum Gasteiger partial charge on any atom is -0.391 e. The number of hydrogen-bond acceptors (Lipinski definition) is 6. The molecule has 6 heteroatoms. The summed E-state index contributed by atoms with van der Waals surface area (Å²) in [4.78, 5) is 5.28. The fourth-order valence-corrected chi connectivity index (χ4v) is 2.70. The zero-order valence-electron chi connectivity index (χ0n) is 9.84. The Hall–Kier alpha value is -1.01. The molecule has 2 heterocycles. The summed E-state index contributed by atoms with van der Waals surface area (Å²) < 4.78 is 5.21. The minimum absolute atomic E-state index is 0.562. The van der Waals surface area contributed by atoms with Gasteiger partial charge in [-0.3, -0.25) is 0 Å². The van der Waals surface area contributed by atoms with E-state index >= 15 is 0 Å². The molecule has 2 aromatic heterocycles. The first-order valence-electron chi connectivity index (χ1n) is 5.49. The van der Waals surface area contributed by atoms with Crippen LogP contribution in [0.25, 0.3) is 10.8 Å². The van der Waals surface area contributed by atoms with Crippen molar-refractivity contribution in [3.63, 3.8) is 0 Å². The van der Waals surface area contributed by atoms with Crippen LogP contribution in [0.15, 0.2) is 16.7 Å². The van der Waals surface area contributed by atoms with E-state index in [1.165, 1.54) is 11.3 Å². The third kappa shape index (κ3) is 3.23. The number of nitrogen functional groups attached to an aromatic ring is 1. The molecule has 0 spiro atoms. The quantitative estimate of drug-likeness (QED) is 0.901. The van der Waals surface area contributed by atoms with Crippen molar-refractivity contribution in [3.05, 3.63) is 18.0 Å². The molecule has 2 rings (SSSR count). The fraction of sp³-hybridized carbons (Fsp3) is 0.455. The van der Waals surface area contributed by atoms with Crippen molar-refractivity contribution < 1.29 is 4.52 Å². The average Bonchev–Trinajstić information content (AvgIpc) is 2.94. The lowest BCUT2D eigenvalue weighted by atomic mass is 10.4. The van der Waals surface area contributed by atoms with E-state index < -0.39 is 0 Å². The summed E-state index contributed by atoms with van der Waals surface area (Å²) >= 11 is 3.29. The smallest absolute Gasteiger partial charge is 0.268 e. The van der Waals surface area contributed by atoms with Crippen LogP contribution in [-0.4, -0.2) is 15.4 Å². The van der Waals surface area contributed by atoms with Gasteiger partial charge in [-0.25, -0.2) is 0 Å². The van der Waals surface area contributed by atoms with Crippen molar-refractivity contribution >= 4 is 28.1 Å². The molecular weight excluding hydrogens is 254 g/mol. The van der Waals surface area contributed by atoms with Gasteiger partial charge < -0.3 is 10.3 Å². The van der Waals surface area contributed by atoms with Gasteiger partial charge in [-0.2, -0.15) is 16.7 Å². The van der Waals surface area contributed by atoms with Crippen LogP contribution in [0.5, 0.6) is 0 Å². The summed E-state index contributed by atoms with van der Waals surface area (Å²) in [6.45, 7) is 4.37. The van der Waals surface area contributed by atoms with E-state index in [2.05, 4.69) is 24.0 Å². The lowest BCUT2D eigenvalue weighted by Gasteiger charge is -2.04. The Bertz CT molecular complexity index is 481. The number of nitrogens with zero attached hydrogens (tertiary/aromatic N) is 2. The number of aromatic nitrogens is 2. The Kier molecular flexibility index (Phi) is 4.06. The molecule has 1 atom stereocenters. The first-order chi connectivity index (χ1) is 8.19. The molecule has 17 heavy (non-hydrogen) atoms. The molecular formula is C11H15N3OS2. The van der Waals surface area contributed by atoms with Crippen molar-refractivity contribution in [3.8, 4) is 10.8 Å². The number of nitrogens with two attached hydrogens (primary N) is 1. The monoisotopic (exact) mass is 269 g/mol. The van der Waals surface area contributed by atoms with Crippen LogP contribution in [0.1, 0.15) is 26.1 Å². The van der Waals surface area contributed by atoms with Crippen molar-refractivity contribution in [2.75, 3.05) is 5.73 Å². The molecule has 0 amide bonds. The Balaban J connectivity index is 2.01. The van der Waals surface area contributed by atoms with Crippen LogP contribution in [0.2, 0.25) is 0 Å². The predicted octanol–water partition coefficient (Wildman–Crippen LogP) is 3.41. The summed E-state index contributed by atoms with van der Waals surface area (Å²) in [5.74, 6) is 2.10. The lowest BCUT2D eigenvalue weighted by Crippen LogP contribution is -1.94. The highest BCUT2D eigenvalue weighted by Gasteiger charge is 2.11. The highest BCUT2D eigenvalue weighted by Crippen LogP contribution is 2.28. The molecule has 2 N–H and O–H groups in total. The van der Waals surface area contributed by atoms with Crippen LogP contribution in [0.3, 0.4) is 0 Å². The van der Waals surface area contributed by atoms with E-state index in [-0.39, 0.29) is 0 Å². The predicted molar refractivity (Wildman–Crippen MR) is 73.1 cm³/mol. The summed E-state index contributed by atoms with van der Waals surface area (Å²) in [6.07, 6.45) is 1.15. The van der Waals surface area contributed by atoms with E-state index in [1.807, 2.05) is 23.9 Å². The van der Waals surface area contributed by atoms with Crippen LogP contribution < -0.4 is 5.73 Å². The molecule has 0 bridgehead atoms. The van der Waals surface area contributed by atoms with Gasteiger partial charge in [0.05, 0.1) is 15.6 Å². The summed E-state index contributed by atoms with van der Waals surface area (Å²) in [5.41, 5.74) is 5.66. The second-order valence-electron chi connectivity index (χ2n) is 3.75. The maximum absolute atomic E-state index is 5.66. The van der Waals surface area contributed by atoms with Crippen molar-refractivity contribution in [2.24, 2.45) is 0 Å². The van der Waals surface area contributed by atoms with E-state index in [0.29, 0.717) is 11.1 Å². The third-order valence-electron chi connectivity index (χ3n) is 2.38. The second-order valence-corrected chi connectivity index (χ2v) is 6.29. The minimum atomic E-state index is 0.562. The summed E-state index contributed by atoms with van der Waals surface area (Å²) in [7, 11) is 0. The molecule has 0 aliphatic carbocycles. The summed E-state index contributed by atoms with van der Waals surface area (Å²) in [6, 6.07) is 3.75. The zero-order chi connectivity index (χ0) is 12.3. The molecule has 92 valence electrons. The van der Waals surface area contributed by atoms with Gasteiger partial charge in [0.1, 0.15) is 0 Å². The molecule has 0 aliphatic rings. The molecule has 0 radical (unpaired) electrons. The second kappa shape index (κ2) is 5.55. The topological polar surface area (TPSA) is 64.9 Å². The molecule has 0 saturated heterocycles. The van der Waals surface area contributed by atoms with Gasteiger partial charge >= 0.3 is 0 Å². The van der Waals surface area contributed by atoms with E-state index in [0.717, 1.165) is 27.9 Å². The van der Waals surface area contributed by atoms with Crippen LogP contribution in [0.4, 0.5) is 5.00 Å². The number of anilines is 1. The molecule has 0 fully saturated rings. The third-order valence-corrected chi connectivity index (χ3v) is 4.61. The number of rotatable bonds is 5. The normalized spacial score (nSPS) is 12.8. The largest absolute Gasteiger partial charge is 0.391 e. The van der Waals surface area contributed by atoms with Crippen molar-refractivity contribution in [1.29, 1.82) is 0 Å². The zero-order valence-corrected chi connectivity index (χ0v) is 11.5. The number of thioether (sulfide) groups is 1. The van der Waals surface area contributed by atoms with Crippen LogP contribution >= 0.6 is 23.1 Å². The Morgan fingerprint density at radius 2 is 2.35 bits per heavy atom. The van der Waals surface area contributed by atoms with E-state index in [4.69, 9.17) is 10.3 Å². The molecule has 0 saturated carbocycles. The highest BCUT2D eigenvalue weighted by molar-refractivity contribution is 7.99.